The van der Waals surface area contributed by atoms with Crippen LogP contribution in [0.4, 0.5) is 0 Å². The van der Waals surface area contributed by atoms with E-state index in [1.54, 1.807) is 0 Å². The Morgan fingerprint density at radius 1 is 1.29 bits per heavy atom. The van der Waals surface area contributed by atoms with Crippen molar-refractivity contribution in [1.29, 1.82) is 0 Å². The third-order valence-corrected chi connectivity index (χ3v) is 3.18. The Balaban J connectivity index is 2.19. The summed E-state index contributed by atoms with van der Waals surface area (Å²) in [6, 6.07) is 0.675. The van der Waals surface area contributed by atoms with Gasteiger partial charge in [-0.05, 0) is 39.4 Å². The lowest BCUT2D eigenvalue weighted by atomic mass is 9.84. The van der Waals surface area contributed by atoms with Gasteiger partial charge in [-0.25, -0.2) is 0 Å². The van der Waals surface area contributed by atoms with Gasteiger partial charge in [-0.2, -0.15) is 0 Å². The van der Waals surface area contributed by atoms with Crippen molar-refractivity contribution >= 4 is 0 Å². The molecule has 0 aromatic carbocycles. The second-order valence-electron chi connectivity index (χ2n) is 4.64. The van der Waals surface area contributed by atoms with E-state index in [1.165, 1.54) is 25.7 Å². The van der Waals surface area contributed by atoms with Gasteiger partial charge < -0.3 is 16.0 Å². The van der Waals surface area contributed by atoms with Crippen LogP contribution in [-0.2, 0) is 0 Å². The van der Waals surface area contributed by atoms with Gasteiger partial charge in [-0.3, -0.25) is 0 Å². The second kappa shape index (κ2) is 6.38. The zero-order valence-electron chi connectivity index (χ0n) is 9.63. The van der Waals surface area contributed by atoms with E-state index in [0.29, 0.717) is 12.0 Å². The first kappa shape index (κ1) is 12.0. The normalized spacial score (nSPS) is 28.3. The lowest BCUT2D eigenvalue weighted by Crippen LogP contribution is -2.44. The molecule has 0 aliphatic heterocycles. The minimum Gasteiger partial charge on any atom is -0.330 e. The van der Waals surface area contributed by atoms with Crippen LogP contribution in [0.1, 0.15) is 25.7 Å². The van der Waals surface area contributed by atoms with E-state index in [-0.39, 0.29) is 0 Å². The topological polar surface area (TPSA) is 41.3 Å². The van der Waals surface area contributed by atoms with E-state index >= 15 is 0 Å². The summed E-state index contributed by atoms with van der Waals surface area (Å²) in [6.45, 7) is 3.06. The molecule has 0 heterocycles. The highest BCUT2D eigenvalue weighted by molar-refractivity contribution is 4.81. The van der Waals surface area contributed by atoms with Gasteiger partial charge in [0.2, 0.25) is 0 Å². The monoisotopic (exact) mass is 199 g/mol. The van der Waals surface area contributed by atoms with Gasteiger partial charge in [0.25, 0.3) is 0 Å². The van der Waals surface area contributed by atoms with E-state index in [4.69, 9.17) is 5.73 Å². The van der Waals surface area contributed by atoms with Crippen LogP contribution in [0.3, 0.4) is 0 Å². The Morgan fingerprint density at radius 2 is 2.00 bits per heavy atom. The van der Waals surface area contributed by atoms with Crippen LogP contribution in [0.15, 0.2) is 0 Å². The Bertz CT molecular complexity index is 147. The van der Waals surface area contributed by atoms with E-state index < -0.39 is 0 Å². The zero-order chi connectivity index (χ0) is 10.4. The lowest BCUT2D eigenvalue weighted by Gasteiger charge is -2.31. The molecule has 2 atom stereocenters. The molecule has 1 fully saturated rings. The molecule has 84 valence electrons. The van der Waals surface area contributed by atoms with Gasteiger partial charge in [0.15, 0.2) is 0 Å². The van der Waals surface area contributed by atoms with E-state index in [9.17, 15) is 0 Å². The van der Waals surface area contributed by atoms with Gasteiger partial charge in [0.1, 0.15) is 0 Å². The maximum Gasteiger partial charge on any atom is 0.0108 e. The van der Waals surface area contributed by atoms with Gasteiger partial charge in [-0.15, -0.1) is 0 Å². The fourth-order valence-electron chi connectivity index (χ4n) is 2.23. The van der Waals surface area contributed by atoms with Crippen molar-refractivity contribution in [1.82, 2.24) is 10.2 Å². The molecule has 0 saturated heterocycles. The average molecular weight is 199 g/mol. The van der Waals surface area contributed by atoms with Crippen LogP contribution >= 0.6 is 0 Å². The fraction of sp³-hybridized carbons (Fsp3) is 1.00. The first-order valence-corrected chi connectivity index (χ1v) is 5.82. The van der Waals surface area contributed by atoms with E-state index in [0.717, 1.165) is 19.6 Å². The zero-order valence-corrected chi connectivity index (χ0v) is 9.63. The molecule has 0 aromatic heterocycles. The Labute approximate surface area is 88.0 Å². The molecular formula is C11H25N3. The molecule has 2 unspecified atom stereocenters. The van der Waals surface area contributed by atoms with Crippen molar-refractivity contribution in [3.8, 4) is 0 Å². The Kier molecular flexibility index (Phi) is 5.45. The van der Waals surface area contributed by atoms with Crippen molar-refractivity contribution in [2.24, 2.45) is 11.7 Å². The Hall–Kier alpha value is -0.120. The van der Waals surface area contributed by atoms with Crippen LogP contribution in [0.5, 0.6) is 0 Å². The first-order chi connectivity index (χ1) is 6.74. The number of hydrogen-bond acceptors (Lipinski definition) is 3. The molecule has 1 aliphatic rings. The number of likely N-dealkylation sites (N-methyl/N-ethyl adjacent to an activating group) is 1. The molecule has 1 saturated carbocycles. The maximum absolute atomic E-state index is 5.77. The number of nitrogens with two attached hydrogens (primary N) is 1. The van der Waals surface area contributed by atoms with Gasteiger partial charge >= 0.3 is 0 Å². The average Bonchev–Trinajstić information content (AvgIpc) is 2.18. The van der Waals surface area contributed by atoms with Crippen LogP contribution in [-0.4, -0.2) is 44.7 Å². The molecular weight excluding hydrogens is 174 g/mol. The predicted molar refractivity (Wildman–Crippen MR) is 61.4 cm³/mol. The Morgan fingerprint density at radius 3 is 2.64 bits per heavy atom. The van der Waals surface area contributed by atoms with Crippen molar-refractivity contribution in [2.45, 2.75) is 31.7 Å². The van der Waals surface area contributed by atoms with Gasteiger partial charge in [-0.1, -0.05) is 12.8 Å². The van der Waals surface area contributed by atoms with Crippen LogP contribution < -0.4 is 11.1 Å². The summed E-state index contributed by atoms with van der Waals surface area (Å²) in [5, 5.41) is 3.63. The van der Waals surface area contributed by atoms with Crippen molar-refractivity contribution < 1.29 is 0 Å². The molecule has 3 heteroatoms. The number of nitrogens with zero attached hydrogens (tertiary/aromatic N) is 1. The predicted octanol–water partition coefficient (Wildman–Crippen LogP) is 0.655. The quantitative estimate of drug-likeness (QED) is 0.683. The van der Waals surface area contributed by atoms with Gasteiger partial charge in [0.05, 0.1) is 0 Å². The summed E-state index contributed by atoms with van der Waals surface area (Å²) in [6.07, 6.45) is 5.37. The highest BCUT2D eigenvalue weighted by atomic mass is 15.1. The molecule has 0 aromatic rings. The SMILES string of the molecule is CN(C)CCNC1CCCCC1CN. The number of hydrogen-bond donors (Lipinski definition) is 2. The molecule has 0 spiro atoms. The van der Waals surface area contributed by atoms with Crippen molar-refractivity contribution in [3.05, 3.63) is 0 Å². The fourth-order valence-corrected chi connectivity index (χ4v) is 2.23. The third-order valence-electron chi connectivity index (χ3n) is 3.18. The summed E-state index contributed by atoms with van der Waals surface area (Å²) in [5.74, 6) is 0.714. The summed E-state index contributed by atoms with van der Waals surface area (Å²) >= 11 is 0. The maximum atomic E-state index is 5.77. The third kappa shape index (κ3) is 3.95. The lowest BCUT2D eigenvalue weighted by molar-refractivity contribution is 0.259. The van der Waals surface area contributed by atoms with E-state index in [1.807, 2.05) is 0 Å². The highest BCUT2D eigenvalue weighted by Gasteiger charge is 2.22. The van der Waals surface area contributed by atoms with Crippen LogP contribution in [0.25, 0.3) is 0 Å². The highest BCUT2D eigenvalue weighted by Crippen LogP contribution is 2.23. The minimum absolute atomic E-state index is 0.675. The summed E-state index contributed by atoms with van der Waals surface area (Å²) < 4.78 is 0. The standard InChI is InChI=1S/C11H25N3/c1-14(2)8-7-13-11-6-4-3-5-10(11)9-12/h10-11,13H,3-9,12H2,1-2H3. The molecule has 14 heavy (non-hydrogen) atoms. The molecule has 3 nitrogen and oxygen atoms in total. The molecule has 1 aliphatic carbocycles. The smallest absolute Gasteiger partial charge is 0.0108 e. The minimum atomic E-state index is 0.675. The first-order valence-electron chi connectivity index (χ1n) is 5.82. The van der Waals surface area contributed by atoms with Crippen LogP contribution in [0.2, 0.25) is 0 Å². The number of nitrogens with one attached hydrogen (secondary N) is 1. The number of rotatable bonds is 5. The van der Waals surface area contributed by atoms with Gasteiger partial charge in [0, 0.05) is 19.1 Å². The molecule has 1 rings (SSSR count). The molecule has 0 radical (unpaired) electrons. The molecule has 0 amide bonds. The van der Waals surface area contributed by atoms with Crippen LogP contribution in [0, 0.1) is 5.92 Å². The second-order valence-corrected chi connectivity index (χ2v) is 4.64. The summed E-state index contributed by atoms with van der Waals surface area (Å²) in [5.41, 5.74) is 5.77. The van der Waals surface area contributed by atoms with Crippen molar-refractivity contribution in [2.75, 3.05) is 33.7 Å². The largest absolute Gasteiger partial charge is 0.330 e. The molecule has 3 N–H and O–H groups in total. The molecule has 0 bridgehead atoms. The summed E-state index contributed by atoms with van der Waals surface area (Å²) in [7, 11) is 4.23. The summed E-state index contributed by atoms with van der Waals surface area (Å²) in [4.78, 5) is 2.22. The van der Waals surface area contributed by atoms with E-state index in [2.05, 4.69) is 24.3 Å². The van der Waals surface area contributed by atoms with Crippen molar-refractivity contribution in [3.63, 3.8) is 0 Å².